The van der Waals surface area contributed by atoms with Crippen LogP contribution in [0.3, 0.4) is 0 Å². The normalized spacial score (nSPS) is 13.2. The highest BCUT2D eigenvalue weighted by Crippen LogP contribution is 2.12. The van der Waals surface area contributed by atoms with Crippen LogP contribution in [0.1, 0.15) is 5.56 Å². The Balaban J connectivity index is 2.57. The largest absolute Gasteiger partial charge is 0.395 e. The molecule has 6 nitrogen and oxygen atoms in total. The van der Waals surface area contributed by atoms with Crippen LogP contribution in [0, 0.1) is 0 Å². The number of hydrogen-bond donors (Lipinski definition) is 4. The number of rotatable bonds is 8. The molecule has 19 heavy (non-hydrogen) atoms. The fourth-order valence-corrected chi connectivity index (χ4v) is 2.61. The van der Waals surface area contributed by atoms with Gasteiger partial charge in [0.05, 0.1) is 30.8 Å². The molecule has 1 aromatic carbocycles. The maximum atomic E-state index is 11.5. The van der Waals surface area contributed by atoms with Crippen LogP contribution in [-0.2, 0) is 15.6 Å². The summed E-state index contributed by atoms with van der Waals surface area (Å²) in [5.74, 6) is -0.344. The van der Waals surface area contributed by atoms with E-state index in [-0.39, 0.29) is 31.3 Å². The Labute approximate surface area is 112 Å². The van der Waals surface area contributed by atoms with E-state index in [0.717, 1.165) is 5.69 Å². The molecule has 0 bridgehead atoms. The predicted molar refractivity (Wildman–Crippen MR) is 72.6 cm³/mol. The van der Waals surface area contributed by atoms with Crippen molar-refractivity contribution in [3.63, 3.8) is 0 Å². The first-order valence-corrected chi connectivity index (χ1v) is 7.72. The van der Waals surface area contributed by atoms with Crippen molar-refractivity contribution < 1.29 is 23.7 Å². The first-order valence-electron chi connectivity index (χ1n) is 5.90. The fraction of sp³-hybridized carbons (Fsp3) is 0.500. The molecule has 1 unspecified atom stereocenters. The molecular formula is C12H19NO5S. The standard InChI is InChI=1S/C12H19NO5S/c14-5-6-19(17,18)9-10-1-3-11(4-2-10)13-7-12(16)8-15/h1-4,12-16H,5-9H2. The van der Waals surface area contributed by atoms with Crippen LogP contribution in [0.15, 0.2) is 24.3 Å². The summed E-state index contributed by atoms with van der Waals surface area (Å²) in [5, 5.41) is 29.4. The molecule has 108 valence electrons. The summed E-state index contributed by atoms with van der Waals surface area (Å²) in [6, 6.07) is 6.74. The van der Waals surface area contributed by atoms with Crippen LogP contribution in [0.4, 0.5) is 5.69 Å². The average molecular weight is 289 g/mol. The van der Waals surface area contributed by atoms with Crippen LogP contribution in [-0.4, -0.2) is 55.4 Å². The van der Waals surface area contributed by atoms with Crippen molar-refractivity contribution in [1.82, 2.24) is 0 Å². The van der Waals surface area contributed by atoms with E-state index in [4.69, 9.17) is 10.2 Å². The number of aliphatic hydroxyl groups excluding tert-OH is 3. The van der Waals surface area contributed by atoms with Gasteiger partial charge >= 0.3 is 0 Å². The molecule has 0 radical (unpaired) electrons. The van der Waals surface area contributed by atoms with Gasteiger partial charge in [0.25, 0.3) is 0 Å². The Morgan fingerprint density at radius 3 is 2.32 bits per heavy atom. The smallest absolute Gasteiger partial charge is 0.156 e. The Hall–Kier alpha value is -1.15. The van der Waals surface area contributed by atoms with Crippen molar-refractivity contribution >= 4 is 15.5 Å². The summed E-state index contributed by atoms with van der Waals surface area (Å²) in [4.78, 5) is 0. The van der Waals surface area contributed by atoms with Crippen LogP contribution in [0.25, 0.3) is 0 Å². The van der Waals surface area contributed by atoms with E-state index in [9.17, 15) is 13.5 Å². The molecule has 1 aromatic rings. The van der Waals surface area contributed by atoms with Gasteiger partial charge in [0.15, 0.2) is 9.84 Å². The van der Waals surface area contributed by atoms with Crippen molar-refractivity contribution in [2.24, 2.45) is 0 Å². The number of benzene rings is 1. The minimum atomic E-state index is -3.27. The first-order chi connectivity index (χ1) is 8.96. The molecule has 4 N–H and O–H groups in total. The summed E-state index contributed by atoms with van der Waals surface area (Å²) >= 11 is 0. The highest BCUT2D eigenvalue weighted by molar-refractivity contribution is 7.90. The minimum absolute atomic E-state index is 0.104. The van der Waals surface area contributed by atoms with Gasteiger partial charge in [-0.15, -0.1) is 0 Å². The van der Waals surface area contributed by atoms with Gasteiger partial charge in [0.2, 0.25) is 0 Å². The number of nitrogens with one attached hydrogen (secondary N) is 1. The number of hydrogen-bond acceptors (Lipinski definition) is 6. The molecule has 1 atom stereocenters. The summed E-state index contributed by atoms with van der Waals surface area (Å²) in [5.41, 5.74) is 1.37. The Morgan fingerprint density at radius 2 is 1.79 bits per heavy atom. The summed E-state index contributed by atoms with van der Waals surface area (Å²) in [6.45, 7) is -0.468. The lowest BCUT2D eigenvalue weighted by Crippen LogP contribution is -2.22. The molecule has 0 saturated carbocycles. The Bertz CT molecular complexity index is 471. The summed E-state index contributed by atoms with van der Waals surface area (Å²) in [7, 11) is -3.27. The highest BCUT2D eigenvalue weighted by atomic mass is 32.2. The molecule has 0 heterocycles. The number of anilines is 1. The monoisotopic (exact) mass is 289 g/mol. The molecule has 0 amide bonds. The zero-order valence-corrected chi connectivity index (χ0v) is 11.3. The van der Waals surface area contributed by atoms with E-state index in [2.05, 4.69) is 5.32 Å². The molecular weight excluding hydrogens is 270 g/mol. The van der Waals surface area contributed by atoms with Gasteiger partial charge in [-0.3, -0.25) is 0 Å². The van der Waals surface area contributed by atoms with Crippen molar-refractivity contribution in [2.75, 3.05) is 30.8 Å². The fourth-order valence-electron chi connectivity index (χ4n) is 1.48. The van der Waals surface area contributed by atoms with E-state index in [0.29, 0.717) is 5.56 Å². The lowest BCUT2D eigenvalue weighted by Gasteiger charge is -2.10. The van der Waals surface area contributed by atoms with Gasteiger partial charge in [-0.25, -0.2) is 8.42 Å². The van der Waals surface area contributed by atoms with Crippen molar-refractivity contribution in [3.05, 3.63) is 29.8 Å². The predicted octanol–water partition coefficient (Wildman–Crippen LogP) is -0.641. The second kappa shape index (κ2) is 7.44. The van der Waals surface area contributed by atoms with Crippen molar-refractivity contribution in [3.8, 4) is 0 Å². The van der Waals surface area contributed by atoms with Crippen molar-refractivity contribution in [1.29, 1.82) is 0 Å². The lowest BCUT2D eigenvalue weighted by molar-refractivity contribution is 0.105. The minimum Gasteiger partial charge on any atom is -0.395 e. The van der Waals surface area contributed by atoms with E-state index in [1.54, 1.807) is 24.3 Å². The zero-order valence-electron chi connectivity index (χ0n) is 10.5. The molecule has 0 spiro atoms. The molecule has 0 fully saturated rings. The Morgan fingerprint density at radius 1 is 1.16 bits per heavy atom. The van der Waals surface area contributed by atoms with E-state index >= 15 is 0 Å². The summed E-state index contributed by atoms with van der Waals surface area (Å²) in [6.07, 6.45) is -0.829. The first kappa shape index (κ1) is 15.9. The highest BCUT2D eigenvalue weighted by Gasteiger charge is 2.11. The maximum absolute atomic E-state index is 11.5. The number of sulfone groups is 1. The molecule has 0 aliphatic heterocycles. The third-order valence-corrected chi connectivity index (χ3v) is 4.07. The number of aliphatic hydroxyl groups is 3. The van der Waals surface area contributed by atoms with Gasteiger partial charge in [0, 0.05) is 12.2 Å². The van der Waals surface area contributed by atoms with Gasteiger partial charge < -0.3 is 20.6 Å². The topological polar surface area (TPSA) is 107 Å². The maximum Gasteiger partial charge on any atom is 0.156 e. The third kappa shape index (κ3) is 6.02. The zero-order chi connectivity index (χ0) is 14.3. The van der Waals surface area contributed by atoms with E-state index in [1.165, 1.54) is 0 Å². The molecule has 0 aromatic heterocycles. The quantitative estimate of drug-likeness (QED) is 0.507. The van der Waals surface area contributed by atoms with Crippen LogP contribution in [0.2, 0.25) is 0 Å². The molecule has 0 aliphatic rings. The third-order valence-electron chi connectivity index (χ3n) is 2.50. The van der Waals surface area contributed by atoms with Crippen LogP contribution in [0.5, 0.6) is 0 Å². The second-order valence-corrected chi connectivity index (χ2v) is 6.41. The second-order valence-electron chi connectivity index (χ2n) is 4.23. The van der Waals surface area contributed by atoms with Gasteiger partial charge in [-0.1, -0.05) is 12.1 Å². The van der Waals surface area contributed by atoms with Crippen molar-refractivity contribution in [2.45, 2.75) is 11.9 Å². The van der Waals surface area contributed by atoms with E-state index < -0.39 is 15.9 Å². The van der Waals surface area contributed by atoms with Crippen LogP contribution >= 0.6 is 0 Å². The molecule has 0 saturated heterocycles. The van der Waals surface area contributed by atoms with Gasteiger partial charge in [-0.05, 0) is 17.7 Å². The average Bonchev–Trinajstić information content (AvgIpc) is 2.37. The Kier molecular flexibility index (Phi) is 6.23. The lowest BCUT2D eigenvalue weighted by atomic mass is 10.2. The van der Waals surface area contributed by atoms with E-state index in [1.807, 2.05) is 0 Å². The van der Waals surface area contributed by atoms with Gasteiger partial charge in [0.1, 0.15) is 0 Å². The molecule has 7 heteroatoms. The van der Waals surface area contributed by atoms with Gasteiger partial charge in [-0.2, -0.15) is 0 Å². The molecule has 1 rings (SSSR count). The summed E-state index contributed by atoms with van der Waals surface area (Å²) < 4.78 is 23.0. The molecule has 0 aliphatic carbocycles. The van der Waals surface area contributed by atoms with Crippen LogP contribution < -0.4 is 5.32 Å². The SMILES string of the molecule is O=S(=O)(CCO)Cc1ccc(NCC(O)CO)cc1.